The Hall–Kier alpha value is 0.00338. The SMILES string of the molecule is Clc1ccccc1.[CH2]=[Ru]. The molecule has 0 aliphatic carbocycles. The Morgan fingerprint density at radius 1 is 1.11 bits per heavy atom. The van der Waals surface area contributed by atoms with Crippen LogP contribution in [-0.4, -0.2) is 5.11 Å². The van der Waals surface area contributed by atoms with Crippen LogP contribution in [0.3, 0.4) is 0 Å². The number of hydrogen-bond acceptors (Lipinski definition) is 0. The van der Waals surface area contributed by atoms with Gasteiger partial charge < -0.3 is 0 Å². The molecule has 0 heterocycles. The third-order valence-corrected chi connectivity index (χ3v) is 0.985. The monoisotopic (exact) mass is 228 g/mol. The predicted molar refractivity (Wildman–Crippen MR) is 38.6 cm³/mol. The second-order valence-corrected chi connectivity index (χ2v) is 1.73. The van der Waals surface area contributed by atoms with E-state index in [0.717, 1.165) is 5.02 Å². The minimum absolute atomic E-state index is 0.794. The van der Waals surface area contributed by atoms with Crippen molar-refractivity contribution in [1.82, 2.24) is 0 Å². The molecule has 1 aromatic carbocycles. The average Bonchev–Trinajstić information content (AvgIpc) is 1.94. The standard InChI is InChI=1S/C6H5Cl.CH2.Ru/c7-6-4-2-1-3-5-6;;/h1-5H;1H2;. The van der Waals surface area contributed by atoms with E-state index in [9.17, 15) is 0 Å². The van der Waals surface area contributed by atoms with Gasteiger partial charge in [0, 0.05) is 5.02 Å². The summed E-state index contributed by atoms with van der Waals surface area (Å²) in [7, 11) is 0. The number of benzene rings is 1. The first kappa shape index (κ1) is 9.00. The summed E-state index contributed by atoms with van der Waals surface area (Å²) >= 11 is 7.64. The van der Waals surface area contributed by atoms with Crippen molar-refractivity contribution in [2.75, 3.05) is 0 Å². The zero-order valence-corrected chi connectivity index (χ0v) is 7.32. The molecule has 0 atom stereocenters. The van der Waals surface area contributed by atoms with Crippen molar-refractivity contribution in [2.45, 2.75) is 0 Å². The molecule has 0 bridgehead atoms. The molecule has 9 heavy (non-hydrogen) atoms. The molecule has 0 nitrogen and oxygen atoms in total. The van der Waals surface area contributed by atoms with E-state index >= 15 is 0 Å². The summed E-state index contributed by atoms with van der Waals surface area (Å²) in [5.74, 6) is 0. The number of rotatable bonds is 0. The van der Waals surface area contributed by atoms with Crippen molar-refractivity contribution >= 4 is 16.7 Å². The van der Waals surface area contributed by atoms with Gasteiger partial charge in [0.05, 0.1) is 0 Å². The van der Waals surface area contributed by atoms with Crippen molar-refractivity contribution in [3.63, 3.8) is 0 Å². The molecule has 0 saturated carbocycles. The summed E-state index contributed by atoms with van der Waals surface area (Å²) in [4.78, 5) is 0. The van der Waals surface area contributed by atoms with Crippen LogP contribution in [0, 0.1) is 0 Å². The Balaban J connectivity index is 0.000000291. The molecule has 1 rings (SSSR count). The zero-order chi connectivity index (χ0) is 7.11. The first-order valence-corrected chi connectivity index (χ1v) is 3.96. The van der Waals surface area contributed by atoms with Gasteiger partial charge in [-0.2, -0.15) is 0 Å². The van der Waals surface area contributed by atoms with Gasteiger partial charge in [-0.3, -0.25) is 0 Å². The summed E-state index contributed by atoms with van der Waals surface area (Å²) < 4.78 is 0. The van der Waals surface area contributed by atoms with Crippen molar-refractivity contribution in [3.05, 3.63) is 35.4 Å². The molecule has 0 aliphatic rings. The first-order chi connectivity index (χ1) is 4.39. The summed E-state index contributed by atoms with van der Waals surface area (Å²) in [6.07, 6.45) is 0. The molecule has 0 spiro atoms. The van der Waals surface area contributed by atoms with Crippen LogP contribution in [-0.2, 0) is 17.9 Å². The first-order valence-electron chi connectivity index (χ1n) is 2.35. The molecule has 0 aromatic heterocycles. The Morgan fingerprint density at radius 3 is 1.78 bits per heavy atom. The summed E-state index contributed by atoms with van der Waals surface area (Å²) in [6.45, 7) is 0. The molecule has 0 unspecified atom stereocenters. The third kappa shape index (κ3) is 4.50. The molecular formula is C7H7ClRu. The van der Waals surface area contributed by atoms with Gasteiger partial charge >= 0.3 is 23.0 Å². The van der Waals surface area contributed by atoms with Crippen LogP contribution in [0.1, 0.15) is 0 Å². The number of hydrogen-bond donors (Lipinski definition) is 0. The second kappa shape index (κ2) is 6.13. The second-order valence-electron chi connectivity index (χ2n) is 1.30. The molecule has 0 fully saturated rings. The van der Waals surface area contributed by atoms with Crippen LogP contribution in [0.25, 0.3) is 0 Å². The van der Waals surface area contributed by atoms with Gasteiger partial charge in [0.25, 0.3) is 0 Å². The third-order valence-electron chi connectivity index (χ3n) is 0.733. The fraction of sp³-hybridized carbons (Fsp3) is 0. The van der Waals surface area contributed by atoms with Gasteiger partial charge in [0.15, 0.2) is 0 Å². The van der Waals surface area contributed by atoms with Crippen molar-refractivity contribution in [2.24, 2.45) is 0 Å². The van der Waals surface area contributed by atoms with Gasteiger partial charge in [0.2, 0.25) is 0 Å². The van der Waals surface area contributed by atoms with Crippen LogP contribution in [0.5, 0.6) is 0 Å². The van der Waals surface area contributed by atoms with Crippen LogP contribution in [0.2, 0.25) is 5.02 Å². The van der Waals surface area contributed by atoms with Crippen molar-refractivity contribution in [3.8, 4) is 0 Å². The summed E-state index contributed by atoms with van der Waals surface area (Å²) in [6, 6.07) is 9.44. The van der Waals surface area contributed by atoms with Gasteiger partial charge in [-0.05, 0) is 12.1 Å². The van der Waals surface area contributed by atoms with Crippen LogP contribution < -0.4 is 0 Å². The van der Waals surface area contributed by atoms with Gasteiger partial charge in [-0.15, -0.1) is 0 Å². The zero-order valence-electron chi connectivity index (χ0n) is 4.83. The van der Waals surface area contributed by atoms with Crippen molar-refractivity contribution in [1.29, 1.82) is 0 Å². The van der Waals surface area contributed by atoms with Gasteiger partial charge in [0.1, 0.15) is 0 Å². The van der Waals surface area contributed by atoms with E-state index in [2.05, 4.69) is 23.0 Å². The Labute approximate surface area is 70.0 Å². The molecule has 0 radical (unpaired) electrons. The molecular weight excluding hydrogens is 221 g/mol. The average molecular weight is 228 g/mol. The fourth-order valence-electron chi connectivity index (χ4n) is 0.415. The molecule has 0 aliphatic heterocycles. The van der Waals surface area contributed by atoms with Crippen LogP contribution in [0.4, 0.5) is 0 Å². The molecule has 2 heteroatoms. The number of halogens is 1. The fourth-order valence-corrected chi connectivity index (χ4v) is 0.560. The van der Waals surface area contributed by atoms with E-state index in [1.165, 1.54) is 0 Å². The Kier molecular flexibility index (Phi) is 6.13. The molecule has 0 amide bonds. The summed E-state index contributed by atoms with van der Waals surface area (Å²) in [5.41, 5.74) is 0. The quantitative estimate of drug-likeness (QED) is 0.597. The van der Waals surface area contributed by atoms with Gasteiger partial charge in [-0.1, -0.05) is 29.8 Å². The Morgan fingerprint density at radius 2 is 1.56 bits per heavy atom. The maximum atomic E-state index is 5.54. The normalized spacial score (nSPS) is 7.33. The van der Waals surface area contributed by atoms with Gasteiger partial charge in [-0.25, -0.2) is 0 Å². The topological polar surface area (TPSA) is 0 Å². The predicted octanol–water partition coefficient (Wildman–Crippen LogP) is 2.31. The molecule has 0 N–H and O–H groups in total. The maximum absolute atomic E-state index is 5.54. The van der Waals surface area contributed by atoms with Crippen LogP contribution >= 0.6 is 11.6 Å². The van der Waals surface area contributed by atoms with E-state index in [1.807, 2.05) is 30.3 Å². The van der Waals surface area contributed by atoms with Crippen molar-refractivity contribution < 1.29 is 17.9 Å². The summed E-state index contributed by atoms with van der Waals surface area (Å²) in [5, 5.41) is 3.97. The van der Waals surface area contributed by atoms with E-state index < -0.39 is 0 Å². The van der Waals surface area contributed by atoms with E-state index in [4.69, 9.17) is 11.6 Å². The Bertz CT molecular complexity index is 150. The van der Waals surface area contributed by atoms with E-state index in [0.29, 0.717) is 0 Å². The van der Waals surface area contributed by atoms with E-state index in [-0.39, 0.29) is 0 Å². The van der Waals surface area contributed by atoms with Crippen LogP contribution in [0.15, 0.2) is 30.3 Å². The van der Waals surface area contributed by atoms with E-state index in [1.54, 1.807) is 0 Å². The molecule has 0 saturated heterocycles. The molecule has 50 valence electrons. The minimum atomic E-state index is 0.794. The molecule has 1 aromatic rings.